The van der Waals surface area contributed by atoms with Crippen LogP contribution >= 0.6 is 11.3 Å². The molecule has 0 saturated heterocycles. The predicted molar refractivity (Wildman–Crippen MR) is 85.0 cm³/mol. The monoisotopic (exact) mass is 305 g/mol. The van der Waals surface area contributed by atoms with E-state index < -0.39 is 11.5 Å². The van der Waals surface area contributed by atoms with Crippen molar-refractivity contribution in [3.8, 4) is 0 Å². The molecule has 1 aromatic heterocycles. The zero-order valence-corrected chi connectivity index (χ0v) is 13.5. The van der Waals surface area contributed by atoms with E-state index in [0.29, 0.717) is 4.88 Å². The normalized spacial score (nSPS) is 11.6. The third-order valence-electron chi connectivity index (χ3n) is 3.39. The van der Waals surface area contributed by atoms with Gasteiger partial charge in [0.2, 0.25) is 0 Å². The first-order chi connectivity index (χ1) is 9.71. The van der Waals surface area contributed by atoms with Crippen LogP contribution in [-0.2, 0) is 4.79 Å². The summed E-state index contributed by atoms with van der Waals surface area (Å²) in [4.78, 5) is 25.9. The number of hydrogen-bond donors (Lipinski definition) is 1. The van der Waals surface area contributed by atoms with Crippen LogP contribution in [0.25, 0.3) is 10.1 Å². The molecule has 0 fully saturated rings. The van der Waals surface area contributed by atoms with E-state index in [1.807, 2.05) is 52.0 Å². The molecule has 112 valence electrons. The highest BCUT2D eigenvalue weighted by Crippen LogP contribution is 2.32. The number of carboxylic acid groups (broad SMARTS) is 1. The van der Waals surface area contributed by atoms with Gasteiger partial charge in [0.1, 0.15) is 6.54 Å². The molecule has 1 aromatic carbocycles. The van der Waals surface area contributed by atoms with E-state index in [0.717, 1.165) is 15.6 Å². The van der Waals surface area contributed by atoms with Crippen molar-refractivity contribution in [1.82, 2.24) is 4.90 Å². The molecule has 0 radical (unpaired) electrons. The summed E-state index contributed by atoms with van der Waals surface area (Å²) < 4.78 is 1.04. The zero-order chi connectivity index (χ0) is 15.8. The smallest absolute Gasteiger partial charge is 0.323 e. The number of benzene rings is 1. The zero-order valence-electron chi connectivity index (χ0n) is 12.6. The molecule has 0 bridgehead atoms. The molecule has 0 atom stereocenters. The van der Waals surface area contributed by atoms with Gasteiger partial charge in [-0.1, -0.05) is 18.2 Å². The summed E-state index contributed by atoms with van der Waals surface area (Å²) in [5.41, 5.74) is 0.373. The lowest BCUT2D eigenvalue weighted by Crippen LogP contribution is -2.48. The van der Waals surface area contributed by atoms with E-state index in [1.165, 1.54) is 16.2 Å². The van der Waals surface area contributed by atoms with Gasteiger partial charge in [0.15, 0.2) is 0 Å². The van der Waals surface area contributed by atoms with E-state index >= 15 is 0 Å². The van der Waals surface area contributed by atoms with Crippen LogP contribution < -0.4 is 0 Å². The van der Waals surface area contributed by atoms with Gasteiger partial charge in [-0.15, -0.1) is 11.3 Å². The second-order valence-corrected chi connectivity index (χ2v) is 7.06. The van der Waals surface area contributed by atoms with E-state index in [-0.39, 0.29) is 12.5 Å². The molecule has 2 rings (SSSR count). The molecule has 0 aliphatic heterocycles. The fraction of sp³-hybridized carbons (Fsp3) is 0.375. The number of carbonyl (C=O) groups excluding carboxylic acids is 1. The van der Waals surface area contributed by atoms with Crippen LogP contribution in [0.3, 0.4) is 0 Å². The molecule has 1 heterocycles. The quantitative estimate of drug-likeness (QED) is 0.943. The topological polar surface area (TPSA) is 57.6 Å². The highest BCUT2D eigenvalue weighted by atomic mass is 32.1. The Balaban J connectivity index is 2.48. The maximum Gasteiger partial charge on any atom is 0.323 e. The number of fused-ring (bicyclic) bond motifs is 1. The number of carboxylic acids is 1. The molecule has 1 N–H and O–H groups in total. The Morgan fingerprint density at radius 1 is 1.24 bits per heavy atom. The van der Waals surface area contributed by atoms with Crippen LogP contribution in [0.5, 0.6) is 0 Å². The Bertz CT molecular complexity index is 697. The number of aryl methyl sites for hydroxylation is 1. The molecule has 0 aliphatic rings. The van der Waals surface area contributed by atoms with E-state index in [9.17, 15) is 9.59 Å². The number of rotatable bonds is 3. The van der Waals surface area contributed by atoms with Gasteiger partial charge in [0, 0.05) is 10.2 Å². The van der Waals surface area contributed by atoms with Gasteiger partial charge in [0.05, 0.1) is 4.88 Å². The number of amides is 1. The first-order valence-corrected chi connectivity index (χ1v) is 7.55. The lowest BCUT2D eigenvalue weighted by molar-refractivity contribution is -0.138. The molecule has 5 heteroatoms. The highest BCUT2D eigenvalue weighted by Gasteiger charge is 2.31. The molecular formula is C16H19NO3S. The van der Waals surface area contributed by atoms with E-state index in [4.69, 9.17) is 5.11 Å². The predicted octanol–water partition coefficient (Wildman–Crippen LogP) is 3.54. The van der Waals surface area contributed by atoms with Crippen LogP contribution in [0.1, 0.15) is 36.0 Å². The summed E-state index contributed by atoms with van der Waals surface area (Å²) >= 11 is 1.42. The summed E-state index contributed by atoms with van der Waals surface area (Å²) in [6.07, 6.45) is 0. The number of aliphatic carboxylic acids is 1. The fourth-order valence-corrected chi connectivity index (χ4v) is 3.41. The van der Waals surface area contributed by atoms with E-state index in [1.54, 1.807) is 0 Å². The molecule has 21 heavy (non-hydrogen) atoms. The van der Waals surface area contributed by atoms with Gasteiger partial charge in [-0.05, 0) is 44.7 Å². The van der Waals surface area contributed by atoms with Gasteiger partial charge in [-0.3, -0.25) is 9.59 Å². The molecular weight excluding hydrogens is 286 g/mol. The Kier molecular flexibility index (Phi) is 4.05. The first kappa shape index (κ1) is 15.5. The van der Waals surface area contributed by atoms with Crippen LogP contribution in [0.4, 0.5) is 0 Å². The Labute approximate surface area is 128 Å². The van der Waals surface area contributed by atoms with Crippen molar-refractivity contribution in [2.45, 2.75) is 33.2 Å². The van der Waals surface area contributed by atoms with E-state index in [2.05, 4.69) is 0 Å². The van der Waals surface area contributed by atoms with Crippen LogP contribution in [0, 0.1) is 6.92 Å². The van der Waals surface area contributed by atoms with Crippen molar-refractivity contribution in [3.63, 3.8) is 0 Å². The number of nitrogens with zero attached hydrogens (tertiary/aromatic N) is 1. The largest absolute Gasteiger partial charge is 0.480 e. The first-order valence-electron chi connectivity index (χ1n) is 6.73. The van der Waals surface area contributed by atoms with Crippen molar-refractivity contribution in [3.05, 3.63) is 34.7 Å². The van der Waals surface area contributed by atoms with Gasteiger partial charge in [-0.25, -0.2) is 0 Å². The average Bonchev–Trinajstić information content (AvgIpc) is 2.72. The fourth-order valence-electron chi connectivity index (χ4n) is 2.25. The molecule has 0 unspecified atom stereocenters. The van der Waals surface area contributed by atoms with Crippen LogP contribution in [-0.4, -0.2) is 34.0 Å². The Morgan fingerprint density at radius 2 is 1.86 bits per heavy atom. The molecule has 1 amide bonds. The van der Waals surface area contributed by atoms with Crippen LogP contribution in [0.15, 0.2) is 24.3 Å². The van der Waals surface area contributed by atoms with Gasteiger partial charge in [0.25, 0.3) is 5.91 Å². The summed E-state index contributed by atoms with van der Waals surface area (Å²) in [7, 11) is 0. The SMILES string of the molecule is Cc1c(C(=O)N(CC(=O)O)C(C)(C)C)sc2ccccc12. The second kappa shape index (κ2) is 5.48. The molecule has 0 spiro atoms. The maximum absolute atomic E-state index is 12.8. The van der Waals surface area contributed by atoms with Crippen molar-refractivity contribution in [2.75, 3.05) is 6.54 Å². The molecule has 2 aromatic rings. The highest BCUT2D eigenvalue weighted by molar-refractivity contribution is 7.21. The second-order valence-electron chi connectivity index (χ2n) is 6.01. The van der Waals surface area contributed by atoms with Gasteiger partial charge < -0.3 is 10.0 Å². The summed E-state index contributed by atoms with van der Waals surface area (Å²) in [5.74, 6) is -1.22. The van der Waals surface area contributed by atoms with Gasteiger partial charge >= 0.3 is 5.97 Å². The summed E-state index contributed by atoms with van der Waals surface area (Å²) in [6.45, 7) is 7.15. The van der Waals surface area contributed by atoms with Crippen LogP contribution in [0.2, 0.25) is 0 Å². The summed E-state index contributed by atoms with van der Waals surface area (Å²) in [5, 5.41) is 10.1. The molecule has 0 saturated carbocycles. The van der Waals surface area contributed by atoms with Gasteiger partial charge in [-0.2, -0.15) is 0 Å². The third kappa shape index (κ3) is 3.08. The number of hydrogen-bond acceptors (Lipinski definition) is 3. The van der Waals surface area contributed by atoms with Crippen molar-refractivity contribution >= 4 is 33.3 Å². The number of thiophene rings is 1. The Hall–Kier alpha value is -1.88. The average molecular weight is 305 g/mol. The minimum Gasteiger partial charge on any atom is -0.480 e. The standard InChI is InChI=1S/C16H19NO3S/c1-10-11-7-5-6-8-12(11)21-14(10)15(20)17(9-13(18)19)16(2,3)4/h5-8H,9H2,1-4H3,(H,18,19). The third-order valence-corrected chi connectivity index (χ3v) is 4.65. The van der Waals surface area contributed by atoms with Crippen molar-refractivity contribution in [2.24, 2.45) is 0 Å². The van der Waals surface area contributed by atoms with Crippen molar-refractivity contribution in [1.29, 1.82) is 0 Å². The molecule has 4 nitrogen and oxygen atoms in total. The minimum absolute atomic E-state index is 0.219. The maximum atomic E-state index is 12.8. The number of carbonyl (C=O) groups is 2. The van der Waals surface area contributed by atoms with Crippen molar-refractivity contribution < 1.29 is 14.7 Å². The Morgan fingerprint density at radius 3 is 2.38 bits per heavy atom. The molecule has 0 aliphatic carbocycles. The minimum atomic E-state index is -1.00. The lowest BCUT2D eigenvalue weighted by Gasteiger charge is -2.34. The summed E-state index contributed by atoms with van der Waals surface area (Å²) in [6, 6.07) is 7.83. The lowest BCUT2D eigenvalue weighted by atomic mass is 10.0.